The van der Waals surface area contributed by atoms with Crippen LogP contribution in [0.1, 0.15) is 43.8 Å². The normalized spacial score (nSPS) is 24.5. The van der Waals surface area contributed by atoms with Gasteiger partial charge >= 0.3 is 0 Å². The lowest BCUT2D eigenvalue weighted by Gasteiger charge is -2.37. The number of rotatable bonds is 4. The van der Waals surface area contributed by atoms with Crippen LogP contribution < -0.4 is 5.32 Å². The van der Waals surface area contributed by atoms with Gasteiger partial charge in [0.2, 0.25) is 11.8 Å². The van der Waals surface area contributed by atoms with Crippen molar-refractivity contribution < 1.29 is 9.59 Å². The predicted octanol–water partition coefficient (Wildman–Crippen LogP) is 1.09. The molecule has 2 saturated carbocycles. The second kappa shape index (κ2) is 5.41. The van der Waals surface area contributed by atoms with E-state index in [2.05, 4.69) is 10.4 Å². The van der Waals surface area contributed by atoms with Gasteiger partial charge in [-0.25, -0.2) is 0 Å². The summed E-state index contributed by atoms with van der Waals surface area (Å²) in [5.74, 6) is 1.02. The van der Waals surface area contributed by atoms with E-state index in [-0.39, 0.29) is 23.8 Å². The molecule has 22 heavy (non-hydrogen) atoms. The summed E-state index contributed by atoms with van der Waals surface area (Å²) in [6, 6.07) is 1.52. The third-order valence-electron chi connectivity index (χ3n) is 5.12. The van der Waals surface area contributed by atoms with Crippen molar-refractivity contribution in [1.29, 1.82) is 0 Å². The van der Waals surface area contributed by atoms with Gasteiger partial charge in [-0.05, 0) is 37.7 Å². The lowest BCUT2D eigenvalue weighted by Crippen LogP contribution is -2.49. The van der Waals surface area contributed by atoms with Crippen molar-refractivity contribution in [3.05, 3.63) is 18.0 Å². The quantitative estimate of drug-likeness (QED) is 0.905. The van der Waals surface area contributed by atoms with E-state index in [9.17, 15) is 9.59 Å². The van der Waals surface area contributed by atoms with Crippen LogP contribution in [0.5, 0.6) is 0 Å². The first kappa shape index (κ1) is 13.8. The standard InChI is InChI=1S/C16H22N4O2/c21-15(17-8-11-4-5-11)14-10-19(16(22)12-2-1-3-12)9-13-6-7-18-20(13)14/h6-7,11-12,14H,1-5,8-10H2,(H,17,21)/t14-/m0/s1. The summed E-state index contributed by atoms with van der Waals surface area (Å²) < 4.78 is 1.78. The molecule has 6 heteroatoms. The van der Waals surface area contributed by atoms with Crippen molar-refractivity contribution in [2.45, 2.75) is 44.7 Å². The number of hydrogen-bond acceptors (Lipinski definition) is 3. The van der Waals surface area contributed by atoms with Crippen molar-refractivity contribution in [3.8, 4) is 0 Å². The van der Waals surface area contributed by atoms with Crippen molar-refractivity contribution in [2.24, 2.45) is 11.8 Å². The smallest absolute Gasteiger partial charge is 0.246 e. The minimum absolute atomic E-state index is 0.0111. The van der Waals surface area contributed by atoms with Gasteiger partial charge < -0.3 is 10.2 Å². The Morgan fingerprint density at radius 2 is 2.09 bits per heavy atom. The molecule has 118 valence electrons. The van der Waals surface area contributed by atoms with Gasteiger partial charge in [0.05, 0.1) is 18.8 Å². The lowest BCUT2D eigenvalue weighted by atomic mass is 9.84. The minimum atomic E-state index is -0.387. The van der Waals surface area contributed by atoms with Gasteiger partial charge in [-0.2, -0.15) is 5.10 Å². The topological polar surface area (TPSA) is 67.2 Å². The van der Waals surface area contributed by atoms with E-state index in [1.54, 1.807) is 10.9 Å². The summed E-state index contributed by atoms with van der Waals surface area (Å²) in [4.78, 5) is 26.9. The fraction of sp³-hybridized carbons (Fsp3) is 0.688. The fourth-order valence-corrected chi connectivity index (χ4v) is 3.25. The highest BCUT2D eigenvalue weighted by Crippen LogP contribution is 2.31. The number of amides is 2. The molecule has 4 rings (SSSR count). The highest BCUT2D eigenvalue weighted by molar-refractivity contribution is 5.83. The number of carbonyl (C=O) groups is 2. The van der Waals surface area contributed by atoms with E-state index in [4.69, 9.17) is 0 Å². The van der Waals surface area contributed by atoms with Crippen LogP contribution in [-0.2, 0) is 16.1 Å². The lowest BCUT2D eigenvalue weighted by molar-refractivity contribution is -0.141. The molecule has 2 aliphatic carbocycles. The average molecular weight is 302 g/mol. The Morgan fingerprint density at radius 1 is 1.27 bits per heavy atom. The summed E-state index contributed by atoms with van der Waals surface area (Å²) in [5, 5.41) is 7.32. The van der Waals surface area contributed by atoms with E-state index >= 15 is 0 Å². The third-order valence-corrected chi connectivity index (χ3v) is 5.12. The zero-order chi connectivity index (χ0) is 15.1. The molecule has 1 aromatic heterocycles. The van der Waals surface area contributed by atoms with Crippen LogP contribution in [-0.4, -0.2) is 39.6 Å². The number of carbonyl (C=O) groups excluding carboxylic acids is 2. The van der Waals surface area contributed by atoms with Crippen molar-refractivity contribution in [1.82, 2.24) is 20.0 Å². The highest BCUT2D eigenvalue weighted by Gasteiger charge is 2.37. The molecule has 0 unspecified atom stereocenters. The van der Waals surface area contributed by atoms with Crippen LogP contribution in [0, 0.1) is 11.8 Å². The van der Waals surface area contributed by atoms with Crippen LogP contribution in [0.25, 0.3) is 0 Å². The molecule has 1 aromatic rings. The Morgan fingerprint density at radius 3 is 2.77 bits per heavy atom. The van der Waals surface area contributed by atoms with E-state index in [1.807, 2.05) is 11.0 Å². The third kappa shape index (κ3) is 2.51. The van der Waals surface area contributed by atoms with Gasteiger partial charge in [-0.3, -0.25) is 14.3 Å². The first-order chi connectivity index (χ1) is 10.7. The van der Waals surface area contributed by atoms with Crippen molar-refractivity contribution in [3.63, 3.8) is 0 Å². The Hall–Kier alpha value is -1.85. The number of fused-ring (bicyclic) bond motifs is 1. The van der Waals surface area contributed by atoms with Crippen molar-refractivity contribution in [2.75, 3.05) is 13.1 Å². The Balaban J connectivity index is 1.49. The maximum absolute atomic E-state index is 12.5. The second-order valence-corrected chi connectivity index (χ2v) is 6.82. The second-order valence-electron chi connectivity index (χ2n) is 6.82. The van der Waals surface area contributed by atoms with Crippen LogP contribution in [0.4, 0.5) is 0 Å². The summed E-state index contributed by atoms with van der Waals surface area (Å²) >= 11 is 0. The molecule has 0 saturated heterocycles. The monoisotopic (exact) mass is 302 g/mol. The molecule has 0 bridgehead atoms. The molecule has 0 aromatic carbocycles. The molecule has 6 nitrogen and oxygen atoms in total. The van der Waals surface area contributed by atoms with Crippen LogP contribution in [0.2, 0.25) is 0 Å². The molecule has 1 N–H and O–H groups in total. The van der Waals surface area contributed by atoms with E-state index in [1.165, 1.54) is 12.8 Å². The van der Waals surface area contributed by atoms with Crippen molar-refractivity contribution >= 4 is 11.8 Å². The number of hydrogen-bond donors (Lipinski definition) is 1. The SMILES string of the molecule is O=C(NCC1CC1)[C@@H]1CN(C(=O)C2CCC2)Cc2ccnn21. The molecule has 0 radical (unpaired) electrons. The highest BCUT2D eigenvalue weighted by atomic mass is 16.2. The molecular formula is C16H22N4O2. The Bertz CT molecular complexity index is 589. The molecule has 2 fully saturated rings. The summed E-state index contributed by atoms with van der Waals surface area (Å²) in [7, 11) is 0. The van der Waals surface area contributed by atoms with Gasteiger partial charge in [0.15, 0.2) is 0 Å². The first-order valence-electron chi connectivity index (χ1n) is 8.31. The number of nitrogens with one attached hydrogen (secondary N) is 1. The number of aromatic nitrogens is 2. The molecule has 0 spiro atoms. The summed E-state index contributed by atoms with van der Waals surface area (Å²) in [6.07, 6.45) is 7.27. The number of nitrogens with zero attached hydrogens (tertiary/aromatic N) is 3. The summed E-state index contributed by atoms with van der Waals surface area (Å²) in [6.45, 7) is 1.77. The minimum Gasteiger partial charge on any atom is -0.354 e. The van der Waals surface area contributed by atoms with Gasteiger partial charge in [-0.1, -0.05) is 6.42 Å². The molecule has 1 atom stereocenters. The largest absolute Gasteiger partial charge is 0.354 e. The van der Waals surface area contributed by atoms with E-state index in [0.717, 1.165) is 31.5 Å². The fourth-order valence-electron chi connectivity index (χ4n) is 3.25. The molecule has 2 amide bonds. The molecule has 2 heterocycles. The Labute approximate surface area is 129 Å². The van der Waals surface area contributed by atoms with Crippen LogP contribution in [0.3, 0.4) is 0 Å². The maximum Gasteiger partial charge on any atom is 0.246 e. The zero-order valence-corrected chi connectivity index (χ0v) is 12.7. The van der Waals surface area contributed by atoms with Gasteiger partial charge in [0, 0.05) is 18.7 Å². The molecule has 3 aliphatic rings. The van der Waals surface area contributed by atoms with Gasteiger partial charge in [0.1, 0.15) is 6.04 Å². The summed E-state index contributed by atoms with van der Waals surface area (Å²) in [5.41, 5.74) is 0.950. The van der Waals surface area contributed by atoms with Crippen LogP contribution >= 0.6 is 0 Å². The van der Waals surface area contributed by atoms with E-state index in [0.29, 0.717) is 19.0 Å². The predicted molar refractivity (Wildman–Crippen MR) is 79.8 cm³/mol. The Kier molecular flexibility index (Phi) is 3.39. The molecular weight excluding hydrogens is 280 g/mol. The first-order valence-corrected chi connectivity index (χ1v) is 8.31. The maximum atomic E-state index is 12.5. The van der Waals surface area contributed by atoms with E-state index < -0.39 is 0 Å². The average Bonchev–Trinajstić information content (AvgIpc) is 3.17. The van der Waals surface area contributed by atoms with Gasteiger partial charge in [0.25, 0.3) is 0 Å². The van der Waals surface area contributed by atoms with Crippen LogP contribution in [0.15, 0.2) is 12.3 Å². The molecule has 1 aliphatic heterocycles. The zero-order valence-electron chi connectivity index (χ0n) is 12.7. The van der Waals surface area contributed by atoms with Gasteiger partial charge in [-0.15, -0.1) is 0 Å².